The summed E-state index contributed by atoms with van der Waals surface area (Å²) < 4.78 is 5.36. The molecule has 0 aliphatic rings. The van der Waals surface area contributed by atoms with Crippen molar-refractivity contribution in [1.29, 1.82) is 0 Å². The third-order valence-corrected chi connectivity index (χ3v) is 1.84. The summed E-state index contributed by atoms with van der Waals surface area (Å²) in [5.41, 5.74) is 0.889. The number of aromatic hydroxyl groups is 1. The maximum atomic E-state index is 9.23. The Morgan fingerprint density at radius 1 is 1.27 bits per heavy atom. The highest BCUT2D eigenvalue weighted by Crippen LogP contribution is 2.12. The van der Waals surface area contributed by atoms with Gasteiger partial charge in [-0.2, -0.15) is 0 Å². The Bertz CT molecular complexity index is 432. The van der Waals surface area contributed by atoms with Crippen molar-refractivity contribution >= 4 is 0 Å². The van der Waals surface area contributed by atoms with E-state index in [4.69, 9.17) is 4.74 Å². The van der Waals surface area contributed by atoms with Crippen molar-refractivity contribution in [2.24, 2.45) is 0 Å². The Labute approximate surface area is 87.2 Å². The number of aromatic nitrogens is 2. The van der Waals surface area contributed by atoms with Crippen LogP contribution in [0.1, 0.15) is 5.56 Å². The molecule has 0 unspecified atom stereocenters. The quantitative estimate of drug-likeness (QED) is 0.823. The highest BCUT2D eigenvalue weighted by Gasteiger charge is 1.97. The lowest BCUT2D eigenvalue weighted by Crippen LogP contribution is -1.96. The molecule has 15 heavy (non-hydrogen) atoms. The van der Waals surface area contributed by atoms with E-state index in [1.165, 1.54) is 0 Å². The first-order valence-electron chi connectivity index (χ1n) is 4.51. The lowest BCUT2D eigenvalue weighted by Gasteiger charge is -2.04. The molecular formula is C11H10N2O2. The van der Waals surface area contributed by atoms with Crippen LogP contribution in [0.15, 0.2) is 42.9 Å². The number of benzene rings is 1. The minimum absolute atomic E-state index is 0.232. The molecule has 1 aromatic heterocycles. The fraction of sp³-hybridized carbons (Fsp3) is 0.0909. The van der Waals surface area contributed by atoms with E-state index < -0.39 is 0 Å². The van der Waals surface area contributed by atoms with Crippen molar-refractivity contribution in [1.82, 2.24) is 9.97 Å². The molecule has 0 radical (unpaired) electrons. The van der Waals surface area contributed by atoms with Crippen LogP contribution in [0.2, 0.25) is 0 Å². The van der Waals surface area contributed by atoms with Crippen LogP contribution in [0.3, 0.4) is 0 Å². The van der Waals surface area contributed by atoms with Gasteiger partial charge in [-0.3, -0.25) is 4.98 Å². The molecule has 0 aliphatic carbocycles. The molecule has 0 amide bonds. The molecule has 0 saturated carbocycles. The summed E-state index contributed by atoms with van der Waals surface area (Å²) in [4.78, 5) is 7.85. The lowest BCUT2D eigenvalue weighted by molar-refractivity contribution is 0.292. The van der Waals surface area contributed by atoms with Gasteiger partial charge in [-0.15, -0.1) is 0 Å². The molecule has 0 spiro atoms. The molecular weight excluding hydrogens is 192 g/mol. The van der Waals surface area contributed by atoms with Gasteiger partial charge in [0.25, 0.3) is 0 Å². The van der Waals surface area contributed by atoms with Crippen LogP contribution in [-0.2, 0) is 6.61 Å². The SMILES string of the molecule is Oc1cccc(COc2cnccn2)c1. The Morgan fingerprint density at radius 3 is 2.93 bits per heavy atom. The fourth-order valence-corrected chi connectivity index (χ4v) is 1.16. The minimum atomic E-state index is 0.232. The molecule has 76 valence electrons. The van der Waals surface area contributed by atoms with E-state index in [1.54, 1.807) is 36.8 Å². The molecule has 1 N–H and O–H groups in total. The van der Waals surface area contributed by atoms with Crippen LogP contribution < -0.4 is 4.74 Å². The number of phenolic OH excluding ortho intramolecular Hbond substituents is 1. The predicted molar refractivity (Wildman–Crippen MR) is 54.5 cm³/mol. The summed E-state index contributed by atoms with van der Waals surface area (Å²) >= 11 is 0. The summed E-state index contributed by atoms with van der Waals surface area (Å²) in [6, 6.07) is 6.91. The van der Waals surface area contributed by atoms with Crippen molar-refractivity contribution in [3.63, 3.8) is 0 Å². The standard InChI is InChI=1S/C11H10N2O2/c14-10-3-1-2-9(6-10)8-15-11-7-12-4-5-13-11/h1-7,14H,8H2. The smallest absolute Gasteiger partial charge is 0.232 e. The van der Waals surface area contributed by atoms with Gasteiger partial charge < -0.3 is 9.84 Å². The second-order valence-corrected chi connectivity index (χ2v) is 3.00. The lowest BCUT2D eigenvalue weighted by atomic mass is 10.2. The first-order valence-corrected chi connectivity index (χ1v) is 4.51. The van der Waals surface area contributed by atoms with Crippen molar-refractivity contribution in [3.05, 3.63) is 48.4 Å². The topological polar surface area (TPSA) is 55.2 Å². The number of nitrogens with zero attached hydrogens (tertiary/aromatic N) is 2. The average Bonchev–Trinajstić information content (AvgIpc) is 2.28. The third-order valence-electron chi connectivity index (χ3n) is 1.84. The van der Waals surface area contributed by atoms with Crippen LogP contribution in [0.4, 0.5) is 0 Å². The normalized spacial score (nSPS) is 9.87. The van der Waals surface area contributed by atoms with Crippen LogP contribution >= 0.6 is 0 Å². The molecule has 0 bridgehead atoms. The summed E-state index contributed by atoms with van der Waals surface area (Å²) in [5, 5.41) is 9.23. The Morgan fingerprint density at radius 2 is 2.20 bits per heavy atom. The summed E-state index contributed by atoms with van der Waals surface area (Å²) in [6.07, 6.45) is 4.70. The number of rotatable bonds is 3. The average molecular weight is 202 g/mol. The highest BCUT2D eigenvalue weighted by atomic mass is 16.5. The van der Waals surface area contributed by atoms with Crippen LogP contribution in [0.5, 0.6) is 11.6 Å². The van der Waals surface area contributed by atoms with Gasteiger partial charge in [0.1, 0.15) is 12.4 Å². The van der Waals surface area contributed by atoms with Gasteiger partial charge in [-0.1, -0.05) is 12.1 Å². The van der Waals surface area contributed by atoms with Crippen LogP contribution in [0.25, 0.3) is 0 Å². The van der Waals surface area contributed by atoms with Crippen molar-refractivity contribution in [2.45, 2.75) is 6.61 Å². The minimum Gasteiger partial charge on any atom is -0.508 e. The van der Waals surface area contributed by atoms with Crippen LogP contribution in [0, 0.1) is 0 Å². The van der Waals surface area contributed by atoms with E-state index in [0.717, 1.165) is 5.56 Å². The van der Waals surface area contributed by atoms with Gasteiger partial charge in [0.05, 0.1) is 6.20 Å². The van der Waals surface area contributed by atoms with E-state index in [9.17, 15) is 5.11 Å². The Kier molecular flexibility index (Phi) is 2.78. The number of phenols is 1. The van der Waals surface area contributed by atoms with Gasteiger partial charge in [-0.25, -0.2) is 4.98 Å². The molecule has 0 aliphatic heterocycles. The molecule has 0 saturated heterocycles. The zero-order valence-corrected chi connectivity index (χ0v) is 8.00. The second-order valence-electron chi connectivity index (χ2n) is 3.00. The Balaban J connectivity index is 1.99. The summed E-state index contributed by atoms with van der Waals surface area (Å²) in [5.74, 6) is 0.705. The predicted octanol–water partition coefficient (Wildman–Crippen LogP) is 1.76. The fourth-order valence-electron chi connectivity index (χ4n) is 1.16. The van der Waals surface area contributed by atoms with E-state index in [-0.39, 0.29) is 5.75 Å². The van der Waals surface area contributed by atoms with E-state index >= 15 is 0 Å². The van der Waals surface area contributed by atoms with Gasteiger partial charge in [0.15, 0.2) is 0 Å². The molecule has 0 atom stereocenters. The maximum Gasteiger partial charge on any atom is 0.232 e. The van der Waals surface area contributed by atoms with Gasteiger partial charge in [-0.05, 0) is 17.7 Å². The molecule has 1 heterocycles. The molecule has 2 aromatic rings. The number of ether oxygens (including phenoxy) is 1. The van der Waals surface area contributed by atoms with Crippen molar-refractivity contribution in [3.8, 4) is 11.6 Å². The number of hydrogen-bond donors (Lipinski definition) is 1. The zero-order valence-electron chi connectivity index (χ0n) is 8.00. The molecule has 0 fully saturated rings. The van der Waals surface area contributed by atoms with Gasteiger partial charge in [0.2, 0.25) is 5.88 Å². The highest BCUT2D eigenvalue weighted by molar-refractivity contribution is 5.26. The molecule has 4 nitrogen and oxygen atoms in total. The van der Waals surface area contributed by atoms with Crippen molar-refractivity contribution < 1.29 is 9.84 Å². The summed E-state index contributed by atoms with van der Waals surface area (Å²) in [6.45, 7) is 0.368. The van der Waals surface area contributed by atoms with Gasteiger partial charge in [0, 0.05) is 12.4 Å². The van der Waals surface area contributed by atoms with Crippen molar-refractivity contribution in [2.75, 3.05) is 0 Å². The van der Waals surface area contributed by atoms with E-state index in [2.05, 4.69) is 9.97 Å². The Hall–Kier alpha value is -2.10. The monoisotopic (exact) mass is 202 g/mol. The first-order chi connectivity index (χ1) is 7.34. The maximum absolute atomic E-state index is 9.23. The molecule has 4 heteroatoms. The van der Waals surface area contributed by atoms with E-state index in [0.29, 0.717) is 12.5 Å². The largest absolute Gasteiger partial charge is 0.508 e. The number of hydrogen-bond acceptors (Lipinski definition) is 4. The molecule has 2 rings (SSSR count). The van der Waals surface area contributed by atoms with E-state index in [1.807, 2.05) is 6.07 Å². The zero-order chi connectivity index (χ0) is 10.5. The third kappa shape index (κ3) is 2.67. The second kappa shape index (κ2) is 4.41. The first kappa shape index (κ1) is 9.45. The van der Waals surface area contributed by atoms with Crippen LogP contribution in [-0.4, -0.2) is 15.1 Å². The molecule has 1 aromatic carbocycles. The van der Waals surface area contributed by atoms with Gasteiger partial charge >= 0.3 is 0 Å². The summed E-state index contributed by atoms with van der Waals surface area (Å²) in [7, 11) is 0.